The lowest BCUT2D eigenvalue weighted by molar-refractivity contribution is -0.138. The summed E-state index contributed by atoms with van der Waals surface area (Å²) in [6.07, 6.45) is -0.120. The first-order chi connectivity index (χ1) is 9.29. The second-order valence-corrected chi connectivity index (χ2v) is 4.60. The molecule has 9 nitrogen and oxygen atoms in total. The Morgan fingerprint density at radius 2 is 1.65 bits per heavy atom. The molecule has 3 N–H and O–H groups in total. The SMILES string of the molecule is CC(CCC(=O)O)(CCC(=O)O)NC(=O)CCN=[N+]=[N-]. The minimum atomic E-state index is -1.02. The van der Waals surface area contributed by atoms with Gasteiger partial charge in [-0.1, -0.05) is 5.11 Å². The molecule has 0 heterocycles. The van der Waals surface area contributed by atoms with Crippen LogP contribution in [0, 0.1) is 0 Å². The lowest BCUT2D eigenvalue weighted by atomic mass is 9.90. The molecule has 1 amide bonds. The molecule has 0 aromatic rings. The van der Waals surface area contributed by atoms with E-state index in [0.717, 1.165) is 0 Å². The largest absolute Gasteiger partial charge is 0.481 e. The Hall–Kier alpha value is -2.28. The standard InChI is InChI=1S/C11H18N4O5/c1-11(5-2-9(17)18,6-3-10(19)20)14-8(16)4-7-13-15-12/h2-7H2,1H3,(H,14,16)(H,17,18)(H,19,20). The number of nitrogens with one attached hydrogen (secondary N) is 1. The van der Waals surface area contributed by atoms with Crippen LogP contribution >= 0.6 is 0 Å². The number of carbonyl (C=O) groups excluding carboxylic acids is 1. The third-order valence-electron chi connectivity index (χ3n) is 2.72. The zero-order valence-corrected chi connectivity index (χ0v) is 11.2. The minimum absolute atomic E-state index is 0.00370. The van der Waals surface area contributed by atoms with E-state index in [-0.39, 0.29) is 38.6 Å². The highest BCUT2D eigenvalue weighted by Crippen LogP contribution is 2.19. The van der Waals surface area contributed by atoms with Crippen molar-refractivity contribution in [3.8, 4) is 0 Å². The number of azide groups is 1. The van der Waals surface area contributed by atoms with Gasteiger partial charge in [0.05, 0.1) is 0 Å². The van der Waals surface area contributed by atoms with Gasteiger partial charge in [-0.2, -0.15) is 0 Å². The van der Waals surface area contributed by atoms with Crippen LogP contribution in [0.15, 0.2) is 5.11 Å². The van der Waals surface area contributed by atoms with Gasteiger partial charge in [0.2, 0.25) is 5.91 Å². The van der Waals surface area contributed by atoms with Crippen LogP contribution in [0.2, 0.25) is 0 Å². The lowest BCUT2D eigenvalue weighted by Gasteiger charge is -2.30. The Morgan fingerprint density at radius 3 is 2.05 bits per heavy atom. The summed E-state index contributed by atoms with van der Waals surface area (Å²) in [4.78, 5) is 35.3. The monoisotopic (exact) mass is 286 g/mol. The molecule has 0 aromatic carbocycles. The molecule has 0 rings (SSSR count). The molecule has 112 valence electrons. The quantitative estimate of drug-likeness (QED) is 0.314. The van der Waals surface area contributed by atoms with Gasteiger partial charge in [-0.3, -0.25) is 14.4 Å². The number of hydrogen-bond acceptors (Lipinski definition) is 4. The molecule has 0 aromatic heterocycles. The van der Waals surface area contributed by atoms with Gasteiger partial charge in [0.15, 0.2) is 0 Å². The van der Waals surface area contributed by atoms with Crippen molar-refractivity contribution in [1.29, 1.82) is 0 Å². The second-order valence-electron chi connectivity index (χ2n) is 4.60. The number of carboxylic acids is 2. The maximum Gasteiger partial charge on any atom is 0.303 e. The summed E-state index contributed by atoms with van der Waals surface area (Å²) >= 11 is 0. The number of aliphatic carboxylic acids is 2. The van der Waals surface area contributed by atoms with Crippen LogP contribution in [0.5, 0.6) is 0 Å². The first kappa shape index (κ1) is 17.7. The van der Waals surface area contributed by atoms with E-state index < -0.39 is 23.4 Å². The molecule has 0 saturated carbocycles. The molecule has 0 fully saturated rings. The lowest BCUT2D eigenvalue weighted by Crippen LogP contribution is -2.46. The van der Waals surface area contributed by atoms with Crippen LogP contribution in [-0.4, -0.2) is 40.1 Å². The topological polar surface area (TPSA) is 152 Å². The average molecular weight is 286 g/mol. The smallest absolute Gasteiger partial charge is 0.303 e. The maximum absolute atomic E-state index is 11.6. The Kier molecular flexibility index (Phi) is 7.76. The van der Waals surface area contributed by atoms with E-state index in [0.29, 0.717) is 0 Å². The molecule has 20 heavy (non-hydrogen) atoms. The van der Waals surface area contributed by atoms with E-state index >= 15 is 0 Å². The van der Waals surface area contributed by atoms with Gasteiger partial charge in [0.25, 0.3) is 0 Å². The fourth-order valence-electron chi connectivity index (χ4n) is 1.61. The van der Waals surface area contributed by atoms with Crippen molar-refractivity contribution in [2.45, 2.75) is 44.6 Å². The minimum Gasteiger partial charge on any atom is -0.481 e. The molecule has 0 aliphatic carbocycles. The highest BCUT2D eigenvalue weighted by Gasteiger charge is 2.27. The van der Waals surface area contributed by atoms with E-state index in [4.69, 9.17) is 15.7 Å². The maximum atomic E-state index is 11.6. The summed E-state index contributed by atoms with van der Waals surface area (Å²) in [5.41, 5.74) is 7.19. The molecular weight excluding hydrogens is 268 g/mol. The van der Waals surface area contributed by atoms with Crippen molar-refractivity contribution < 1.29 is 24.6 Å². The predicted octanol–water partition coefficient (Wildman–Crippen LogP) is 1.29. The summed E-state index contributed by atoms with van der Waals surface area (Å²) in [5, 5.41) is 23.2. The van der Waals surface area contributed by atoms with Gasteiger partial charge < -0.3 is 15.5 Å². The molecule has 0 saturated heterocycles. The van der Waals surface area contributed by atoms with Crippen LogP contribution in [0.4, 0.5) is 0 Å². The summed E-state index contributed by atoms with van der Waals surface area (Å²) in [7, 11) is 0. The number of hydrogen-bond donors (Lipinski definition) is 3. The first-order valence-electron chi connectivity index (χ1n) is 6.04. The molecule has 0 aliphatic rings. The Balaban J connectivity index is 4.56. The first-order valence-corrected chi connectivity index (χ1v) is 6.04. The summed E-state index contributed by atoms with van der Waals surface area (Å²) < 4.78 is 0. The number of carbonyl (C=O) groups is 3. The number of carboxylic acid groups (broad SMARTS) is 2. The summed E-state index contributed by atoms with van der Waals surface area (Å²) in [5.74, 6) is -2.44. The fourth-order valence-corrected chi connectivity index (χ4v) is 1.61. The van der Waals surface area contributed by atoms with Crippen molar-refractivity contribution in [1.82, 2.24) is 5.32 Å². The van der Waals surface area contributed by atoms with Crippen LogP contribution in [-0.2, 0) is 14.4 Å². The predicted molar refractivity (Wildman–Crippen MR) is 68.9 cm³/mol. The number of nitrogens with zero attached hydrogens (tertiary/aromatic N) is 3. The van der Waals surface area contributed by atoms with Crippen LogP contribution in [0.3, 0.4) is 0 Å². The van der Waals surface area contributed by atoms with Crippen LogP contribution in [0.1, 0.15) is 39.0 Å². The zero-order chi connectivity index (χ0) is 15.6. The van der Waals surface area contributed by atoms with Gasteiger partial charge >= 0.3 is 11.9 Å². The van der Waals surface area contributed by atoms with Crippen molar-refractivity contribution in [3.63, 3.8) is 0 Å². The van der Waals surface area contributed by atoms with Crippen molar-refractivity contribution >= 4 is 17.8 Å². The van der Waals surface area contributed by atoms with Crippen LogP contribution < -0.4 is 5.32 Å². The number of rotatable bonds is 10. The third kappa shape index (κ3) is 8.76. The van der Waals surface area contributed by atoms with Crippen molar-refractivity contribution in [2.24, 2.45) is 5.11 Å². The Labute approximate surface area is 115 Å². The highest BCUT2D eigenvalue weighted by atomic mass is 16.4. The van der Waals surface area contributed by atoms with Gasteiger partial charge in [-0.25, -0.2) is 0 Å². The van der Waals surface area contributed by atoms with Gasteiger partial charge in [-0.15, -0.1) is 0 Å². The van der Waals surface area contributed by atoms with E-state index in [1.165, 1.54) is 0 Å². The van der Waals surface area contributed by atoms with Crippen molar-refractivity contribution in [3.05, 3.63) is 10.4 Å². The normalized spacial score (nSPS) is 10.4. The molecule has 9 heteroatoms. The van der Waals surface area contributed by atoms with E-state index in [1.807, 2.05) is 0 Å². The van der Waals surface area contributed by atoms with Crippen LogP contribution in [0.25, 0.3) is 10.4 Å². The van der Waals surface area contributed by atoms with Gasteiger partial charge in [-0.05, 0) is 25.3 Å². The molecule has 0 aliphatic heterocycles. The molecule has 0 unspecified atom stereocenters. The van der Waals surface area contributed by atoms with Gasteiger partial charge in [0.1, 0.15) is 0 Å². The molecule has 0 spiro atoms. The molecule has 0 radical (unpaired) electrons. The zero-order valence-electron chi connectivity index (χ0n) is 11.2. The van der Waals surface area contributed by atoms with Gasteiger partial charge in [0, 0.05) is 36.3 Å². The molecule has 0 atom stereocenters. The Morgan fingerprint density at radius 1 is 1.15 bits per heavy atom. The summed E-state index contributed by atoms with van der Waals surface area (Å²) in [6.45, 7) is 1.60. The molecule has 0 bridgehead atoms. The van der Waals surface area contributed by atoms with E-state index in [2.05, 4.69) is 15.3 Å². The third-order valence-corrected chi connectivity index (χ3v) is 2.72. The van der Waals surface area contributed by atoms with E-state index in [1.54, 1.807) is 6.92 Å². The fraction of sp³-hybridized carbons (Fsp3) is 0.727. The summed E-state index contributed by atoms with van der Waals surface area (Å²) in [6, 6.07) is 0. The second kappa shape index (κ2) is 8.76. The highest BCUT2D eigenvalue weighted by molar-refractivity contribution is 5.77. The van der Waals surface area contributed by atoms with Crippen molar-refractivity contribution in [2.75, 3.05) is 6.54 Å². The number of amides is 1. The average Bonchev–Trinajstić information content (AvgIpc) is 2.34. The molecular formula is C11H18N4O5. The Bertz CT molecular complexity index is 399. The van der Waals surface area contributed by atoms with E-state index in [9.17, 15) is 14.4 Å².